The van der Waals surface area contributed by atoms with Gasteiger partial charge in [0.05, 0.1) is 10.4 Å². The maximum absolute atomic E-state index is 14.2. The second-order valence-corrected chi connectivity index (χ2v) is 13.7. The molecule has 0 spiro atoms. The zero-order chi connectivity index (χ0) is 27.9. The van der Waals surface area contributed by atoms with E-state index in [4.69, 9.17) is 4.74 Å². The van der Waals surface area contributed by atoms with Crippen molar-refractivity contribution in [1.82, 2.24) is 8.87 Å². The van der Waals surface area contributed by atoms with Gasteiger partial charge in [-0.15, -0.1) is 0 Å². The van der Waals surface area contributed by atoms with Crippen molar-refractivity contribution < 1.29 is 22.3 Å². The van der Waals surface area contributed by atoms with E-state index in [0.29, 0.717) is 28.9 Å². The first kappa shape index (κ1) is 27.3. The van der Waals surface area contributed by atoms with Gasteiger partial charge in [0.2, 0.25) is 0 Å². The molecule has 4 aromatic rings. The average Bonchev–Trinajstić information content (AvgIpc) is 3.50. The highest BCUT2D eigenvalue weighted by Gasteiger charge is 2.31. The second-order valence-electron chi connectivity index (χ2n) is 10.8. The molecule has 1 aliphatic rings. The fourth-order valence-electron chi connectivity index (χ4n) is 4.93. The van der Waals surface area contributed by atoms with Crippen molar-refractivity contribution in [3.63, 3.8) is 0 Å². The minimum atomic E-state index is -3.86. The molecule has 1 saturated heterocycles. The Hall–Kier alpha value is -3.30. The maximum Gasteiger partial charge on any atom is 0.410 e. The molecule has 1 amide bonds. The minimum Gasteiger partial charge on any atom is -0.444 e. The number of carbonyl (C=O) groups excluding carboxylic acids is 1. The Labute approximate surface area is 232 Å². The van der Waals surface area contributed by atoms with Gasteiger partial charge < -0.3 is 9.64 Å². The van der Waals surface area contributed by atoms with E-state index in [9.17, 15) is 17.6 Å². The molecule has 1 fully saturated rings. The quantitative estimate of drug-likeness (QED) is 0.256. The highest BCUT2D eigenvalue weighted by Crippen LogP contribution is 2.39. The van der Waals surface area contributed by atoms with Gasteiger partial charge in [0.25, 0.3) is 10.0 Å². The van der Waals surface area contributed by atoms with Crippen LogP contribution in [0.25, 0.3) is 10.9 Å². The molecule has 6 nitrogen and oxygen atoms in total. The zero-order valence-corrected chi connectivity index (χ0v) is 24.0. The van der Waals surface area contributed by atoms with Gasteiger partial charge >= 0.3 is 6.09 Å². The first-order valence-corrected chi connectivity index (χ1v) is 15.1. The highest BCUT2D eigenvalue weighted by atomic mass is 32.2. The molecule has 204 valence electrons. The number of ether oxygens (including phenoxy) is 1. The van der Waals surface area contributed by atoms with Gasteiger partial charge in [0.1, 0.15) is 11.4 Å². The van der Waals surface area contributed by atoms with E-state index in [1.165, 1.54) is 39.5 Å². The molecule has 0 N–H and O–H groups in total. The molecule has 0 aliphatic carbocycles. The Morgan fingerprint density at radius 3 is 2.49 bits per heavy atom. The summed E-state index contributed by atoms with van der Waals surface area (Å²) in [5.74, 6) is -0.217. The van der Waals surface area contributed by atoms with Crippen LogP contribution in [0.3, 0.4) is 0 Å². The number of halogens is 1. The Bertz CT molecular complexity index is 1640. The van der Waals surface area contributed by atoms with E-state index in [0.717, 1.165) is 16.9 Å². The van der Waals surface area contributed by atoms with Gasteiger partial charge in [-0.25, -0.2) is 21.6 Å². The first-order valence-electron chi connectivity index (χ1n) is 12.8. The van der Waals surface area contributed by atoms with Crippen LogP contribution in [0.1, 0.15) is 44.2 Å². The largest absolute Gasteiger partial charge is 0.444 e. The third-order valence-corrected chi connectivity index (χ3v) is 9.47. The summed E-state index contributed by atoms with van der Waals surface area (Å²) in [5, 5.41) is 0.532. The third kappa shape index (κ3) is 5.70. The van der Waals surface area contributed by atoms with Gasteiger partial charge in [-0.05, 0) is 87.7 Å². The maximum atomic E-state index is 14.2. The lowest BCUT2D eigenvalue weighted by molar-refractivity contribution is 0.0292. The second kappa shape index (κ2) is 10.4. The lowest BCUT2D eigenvalue weighted by Gasteiger charge is -2.24. The fourth-order valence-corrected chi connectivity index (χ4v) is 7.45. The first-order chi connectivity index (χ1) is 18.4. The minimum absolute atomic E-state index is 0.167. The number of likely N-dealkylation sites (tertiary alicyclic amines) is 1. The topological polar surface area (TPSA) is 68.6 Å². The third-order valence-electron chi connectivity index (χ3n) is 6.74. The van der Waals surface area contributed by atoms with Crippen LogP contribution in [0, 0.1) is 12.7 Å². The SMILES string of the molecule is Cc1cc(Sc2cn(S(=O)(=O)c3ccccc3)c3ccc(F)cc23)ccc1C1CCN(C(=O)OC(C)(C)C)C1. The van der Waals surface area contributed by atoms with Crippen LogP contribution in [0.4, 0.5) is 9.18 Å². The van der Waals surface area contributed by atoms with Crippen LogP contribution in [0.2, 0.25) is 0 Å². The summed E-state index contributed by atoms with van der Waals surface area (Å²) >= 11 is 1.40. The number of benzene rings is 3. The molecule has 5 rings (SSSR count). The Morgan fingerprint density at radius 2 is 1.79 bits per heavy atom. The molecule has 1 atom stereocenters. The predicted octanol–water partition coefficient (Wildman–Crippen LogP) is 7.20. The summed E-state index contributed by atoms with van der Waals surface area (Å²) in [6, 6.07) is 18.5. The van der Waals surface area contributed by atoms with Crippen LogP contribution in [-0.2, 0) is 14.8 Å². The van der Waals surface area contributed by atoms with E-state index in [2.05, 4.69) is 12.1 Å². The molecular formula is C30H31FN2O4S2. The summed E-state index contributed by atoms with van der Waals surface area (Å²) in [7, 11) is -3.86. The summed E-state index contributed by atoms with van der Waals surface area (Å²) in [5.41, 5.74) is 2.15. The number of rotatable bonds is 5. The molecule has 9 heteroatoms. The molecular weight excluding hydrogens is 535 g/mol. The molecule has 0 radical (unpaired) electrons. The standard InChI is InChI=1S/C30H31FN2O4S2/c1-20-16-23(11-12-25(20)21-14-15-32(18-21)29(34)37-30(2,3)4)38-28-19-33(27-13-10-22(31)17-26(27)28)39(35,36)24-8-6-5-7-9-24/h5-13,16-17,19,21H,14-15,18H2,1-4H3. The van der Waals surface area contributed by atoms with Crippen molar-refractivity contribution in [3.8, 4) is 0 Å². The summed E-state index contributed by atoms with van der Waals surface area (Å²) < 4.78 is 47.8. The highest BCUT2D eigenvalue weighted by molar-refractivity contribution is 7.99. The van der Waals surface area contributed by atoms with E-state index >= 15 is 0 Å². The van der Waals surface area contributed by atoms with Crippen LogP contribution in [0.5, 0.6) is 0 Å². The van der Waals surface area contributed by atoms with E-state index in [1.54, 1.807) is 41.4 Å². The van der Waals surface area contributed by atoms with Gasteiger partial charge in [-0.2, -0.15) is 0 Å². The van der Waals surface area contributed by atoms with Crippen LogP contribution in [-0.4, -0.2) is 42.1 Å². The summed E-state index contributed by atoms with van der Waals surface area (Å²) in [6.07, 6.45) is 2.14. The van der Waals surface area contributed by atoms with Crippen molar-refractivity contribution in [2.45, 2.75) is 60.3 Å². The monoisotopic (exact) mass is 566 g/mol. The molecule has 0 bridgehead atoms. The Morgan fingerprint density at radius 1 is 1.05 bits per heavy atom. The van der Waals surface area contributed by atoms with Crippen molar-refractivity contribution in [3.05, 3.63) is 89.9 Å². The Balaban J connectivity index is 1.41. The fraction of sp³-hybridized carbons (Fsp3) is 0.300. The molecule has 3 aromatic carbocycles. The molecule has 0 saturated carbocycles. The zero-order valence-electron chi connectivity index (χ0n) is 22.3. The number of carbonyl (C=O) groups is 1. The van der Waals surface area contributed by atoms with E-state index in [-0.39, 0.29) is 16.9 Å². The Kier molecular flexibility index (Phi) is 7.24. The smallest absolute Gasteiger partial charge is 0.410 e. The van der Waals surface area contributed by atoms with Crippen LogP contribution >= 0.6 is 11.8 Å². The van der Waals surface area contributed by atoms with Crippen molar-refractivity contribution >= 4 is 38.8 Å². The van der Waals surface area contributed by atoms with Crippen LogP contribution in [0.15, 0.2) is 87.6 Å². The number of hydrogen-bond acceptors (Lipinski definition) is 5. The predicted molar refractivity (Wildman–Crippen MR) is 151 cm³/mol. The average molecular weight is 567 g/mol. The van der Waals surface area contributed by atoms with E-state index < -0.39 is 21.4 Å². The van der Waals surface area contributed by atoms with Crippen LogP contribution < -0.4 is 0 Å². The summed E-state index contributed by atoms with van der Waals surface area (Å²) in [4.78, 5) is 16.0. The number of fused-ring (bicyclic) bond motifs is 1. The van der Waals surface area contributed by atoms with Gasteiger partial charge in [-0.1, -0.05) is 36.0 Å². The van der Waals surface area contributed by atoms with Gasteiger partial charge in [-0.3, -0.25) is 0 Å². The van der Waals surface area contributed by atoms with Crippen molar-refractivity contribution in [2.24, 2.45) is 0 Å². The lowest BCUT2D eigenvalue weighted by atomic mass is 9.94. The molecule has 1 aromatic heterocycles. The van der Waals surface area contributed by atoms with Gasteiger partial charge in [0.15, 0.2) is 0 Å². The number of aryl methyl sites for hydroxylation is 1. The van der Waals surface area contributed by atoms with Gasteiger partial charge in [0, 0.05) is 40.4 Å². The van der Waals surface area contributed by atoms with Crippen molar-refractivity contribution in [1.29, 1.82) is 0 Å². The lowest BCUT2D eigenvalue weighted by Crippen LogP contribution is -2.35. The summed E-state index contributed by atoms with van der Waals surface area (Å²) in [6.45, 7) is 8.88. The number of nitrogens with zero attached hydrogens (tertiary/aromatic N) is 2. The van der Waals surface area contributed by atoms with Crippen molar-refractivity contribution in [2.75, 3.05) is 13.1 Å². The molecule has 1 aliphatic heterocycles. The molecule has 1 unspecified atom stereocenters. The number of hydrogen-bond donors (Lipinski definition) is 0. The number of amides is 1. The molecule has 39 heavy (non-hydrogen) atoms. The molecule has 2 heterocycles. The normalized spacial score (nSPS) is 16.1. The number of aromatic nitrogens is 1. The van der Waals surface area contributed by atoms with E-state index in [1.807, 2.05) is 33.8 Å².